The van der Waals surface area contributed by atoms with Gasteiger partial charge in [0.1, 0.15) is 11.9 Å². The van der Waals surface area contributed by atoms with E-state index >= 15 is 0 Å². The van der Waals surface area contributed by atoms with Crippen LogP contribution in [0.5, 0.6) is 0 Å². The van der Waals surface area contributed by atoms with Crippen molar-refractivity contribution < 1.29 is 4.74 Å². The highest BCUT2D eigenvalue weighted by Gasteiger charge is 2.20. The van der Waals surface area contributed by atoms with Gasteiger partial charge in [-0.05, 0) is 6.42 Å². The Morgan fingerprint density at radius 2 is 2.42 bits per heavy atom. The van der Waals surface area contributed by atoms with E-state index in [-0.39, 0.29) is 6.10 Å². The van der Waals surface area contributed by atoms with Gasteiger partial charge < -0.3 is 15.4 Å². The minimum absolute atomic E-state index is 0.166. The standard InChI is InChI=1S/C8H15N3O/c1-2-10-8(11-3-1)7-6-9-4-5-12-7/h7,9H,1-6H2,(H,10,11). The molecule has 1 atom stereocenters. The van der Waals surface area contributed by atoms with Gasteiger partial charge in [-0.3, -0.25) is 4.99 Å². The van der Waals surface area contributed by atoms with Crippen LogP contribution in [-0.2, 0) is 4.74 Å². The molecule has 68 valence electrons. The van der Waals surface area contributed by atoms with Crippen LogP contribution in [0.25, 0.3) is 0 Å². The lowest BCUT2D eigenvalue weighted by Gasteiger charge is -2.27. The summed E-state index contributed by atoms with van der Waals surface area (Å²) < 4.78 is 5.56. The summed E-state index contributed by atoms with van der Waals surface area (Å²) in [7, 11) is 0. The fourth-order valence-corrected chi connectivity index (χ4v) is 1.51. The summed E-state index contributed by atoms with van der Waals surface area (Å²) in [5, 5.41) is 6.56. The second-order valence-electron chi connectivity index (χ2n) is 3.11. The number of nitrogens with one attached hydrogen (secondary N) is 2. The first kappa shape index (κ1) is 8.01. The highest BCUT2D eigenvalue weighted by atomic mass is 16.5. The first-order valence-corrected chi connectivity index (χ1v) is 4.57. The average Bonchev–Trinajstić information content (AvgIpc) is 2.21. The van der Waals surface area contributed by atoms with Crippen LogP contribution in [0.1, 0.15) is 6.42 Å². The SMILES string of the molecule is C1CN=C(C2CNCCO2)NC1. The van der Waals surface area contributed by atoms with E-state index in [0.29, 0.717) is 0 Å². The molecule has 0 radical (unpaired) electrons. The number of nitrogens with zero attached hydrogens (tertiary/aromatic N) is 1. The van der Waals surface area contributed by atoms with E-state index in [1.165, 1.54) is 0 Å². The fourth-order valence-electron chi connectivity index (χ4n) is 1.51. The Labute approximate surface area is 72.4 Å². The van der Waals surface area contributed by atoms with Crippen LogP contribution in [0.3, 0.4) is 0 Å². The highest BCUT2D eigenvalue weighted by molar-refractivity contribution is 5.87. The lowest BCUT2D eigenvalue weighted by molar-refractivity contribution is 0.0684. The molecule has 4 nitrogen and oxygen atoms in total. The number of aliphatic imine (C=N–C) groups is 1. The molecule has 0 aliphatic carbocycles. The molecule has 0 aromatic carbocycles. The maximum atomic E-state index is 5.56. The van der Waals surface area contributed by atoms with Crippen molar-refractivity contribution in [1.29, 1.82) is 0 Å². The van der Waals surface area contributed by atoms with Gasteiger partial charge in [0.25, 0.3) is 0 Å². The Bertz CT molecular complexity index is 175. The number of hydrogen-bond donors (Lipinski definition) is 2. The first-order chi connectivity index (χ1) is 5.97. The summed E-state index contributed by atoms with van der Waals surface area (Å²) in [4.78, 5) is 4.39. The molecule has 0 spiro atoms. The highest BCUT2D eigenvalue weighted by Crippen LogP contribution is 2.01. The van der Waals surface area contributed by atoms with Gasteiger partial charge in [0.2, 0.25) is 0 Å². The molecule has 1 saturated heterocycles. The maximum absolute atomic E-state index is 5.56. The largest absolute Gasteiger partial charge is 0.372 e. The third kappa shape index (κ3) is 1.76. The average molecular weight is 169 g/mol. The van der Waals surface area contributed by atoms with Crippen LogP contribution in [0.2, 0.25) is 0 Å². The van der Waals surface area contributed by atoms with Crippen molar-refractivity contribution in [3.8, 4) is 0 Å². The summed E-state index contributed by atoms with van der Waals surface area (Å²) in [5.74, 6) is 1.04. The monoisotopic (exact) mass is 169 g/mol. The van der Waals surface area contributed by atoms with E-state index in [2.05, 4.69) is 15.6 Å². The summed E-state index contributed by atoms with van der Waals surface area (Å²) in [5.41, 5.74) is 0. The zero-order chi connectivity index (χ0) is 8.23. The van der Waals surface area contributed by atoms with Crippen LogP contribution in [-0.4, -0.2) is 44.7 Å². The Morgan fingerprint density at radius 1 is 1.42 bits per heavy atom. The van der Waals surface area contributed by atoms with E-state index in [1.54, 1.807) is 0 Å². The molecule has 0 saturated carbocycles. The van der Waals surface area contributed by atoms with Crippen LogP contribution in [0.4, 0.5) is 0 Å². The molecule has 2 aliphatic heterocycles. The van der Waals surface area contributed by atoms with Crippen LogP contribution in [0, 0.1) is 0 Å². The molecule has 4 heteroatoms. The second kappa shape index (κ2) is 3.87. The predicted molar refractivity (Wildman–Crippen MR) is 47.5 cm³/mol. The summed E-state index contributed by atoms with van der Waals surface area (Å²) in [6.45, 7) is 4.64. The number of hydrogen-bond acceptors (Lipinski definition) is 4. The Morgan fingerprint density at radius 3 is 3.08 bits per heavy atom. The summed E-state index contributed by atoms with van der Waals surface area (Å²) in [6, 6.07) is 0. The molecule has 2 N–H and O–H groups in total. The minimum atomic E-state index is 0.166. The zero-order valence-electron chi connectivity index (χ0n) is 7.18. The number of ether oxygens (including phenoxy) is 1. The molecule has 0 bridgehead atoms. The van der Waals surface area contributed by atoms with Gasteiger partial charge in [-0.25, -0.2) is 0 Å². The van der Waals surface area contributed by atoms with Gasteiger partial charge in [0.15, 0.2) is 0 Å². The number of amidine groups is 1. The maximum Gasteiger partial charge on any atom is 0.127 e. The molecular weight excluding hydrogens is 154 g/mol. The molecule has 2 heterocycles. The summed E-state index contributed by atoms with van der Waals surface area (Å²) >= 11 is 0. The van der Waals surface area contributed by atoms with Crippen molar-refractivity contribution in [2.45, 2.75) is 12.5 Å². The lowest BCUT2D eigenvalue weighted by atomic mass is 10.2. The molecule has 1 unspecified atom stereocenters. The third-order valence-electron chi connectivity index (χ3n) is 2.16. The molecule has 1 fully saturated rings. The first-order valence-electron chi connectivity index (χ1n) is 4.57. The Hall–Kier alpha value is -0.610. The van der Waals surface area contributed by atoms with Crippen molar-refractivity contribution >= 4 is 5.84 Å². The van der Waals surface area contributed by atoms with Crippen molar-refractivity contribution in [2.24, 2.45) is 4.99 Å². The van der Waals surface area contributed by atoms with Crippen LogP contribution >= 0.6 is 0 Å². The minimum Gasteiger partial charge on any atom is -0.372 e. The smallest absolute Gasteiger partial charge is 0.127 e. The van der Waals surface area contributed by atoms with E-state index in [4.69, 9.17) is 4.74 Å². The van der Waals surface area contributed by atoms with Gasteiger partial charge in [0, 0.05) is 26.2 Å². The van der Waals surface area contributed by atoms with Crippen molar-refractivity contribution in [2.75, 3.05) is 32.8 Å². The van der Waals surface area contributed by atoms with E-state index in [0.717, 1.165) is 45.0 Å². The Kier molecular flexibility index (Phi) is 2.58. The molecule has 0 amide bonds. The van der Waals surface area contributed by atoms with E-state index in [9.17, 15) is 0 Å². The fraction of sp³-hybridized carbons (Fsp3) is 0.875. The van der Waals surface area contributed by atoms with E-state index < -0.39 is 0 Å². The van der Waals surface area contributed by atoms with Gasteiger partial charge in [0.05, 0.1) is 6.61 Å². The van der Waals surface area contributed by atoms with Crippen molar-refractivity contribution in [3.63, 3.8) is 0 Å². The predicted octanol–water partition coefficient (Wildman–Crippen LogP) is -0.633. The molecule has 12 heavy (non-hydrogen) atoms. The molecular formula is C8H15N3O. The zero-order valence-corrected chi connectivity index (χ0v) is 7.18. The van der Waals surface area contributed by atoms with Gasteiger partial charge in [-0.15, -0.1) is 0 Å². The topological polar surface area (TPSA) is 45.7 Å². The number of rotatable bonds is 1. The second-order valence-corrected chi connectivity index (χ2v) is 3.11. The van der Waals surface area contributed by atoms with Gasteiger partial charge in [-0.2, -0.15) is 0 Å². The third-order valence-corrected chi connectivity index (χ3v) is 2.16. The van der Waals surface area contributed by atoms with Gasteiger partial charge in [-0.1, -0.05) is 0 Å². The van der Waals surface area contributed by atoms with Crippen LogP contribution in [0.15, 0.2) is 4.99 Å². The lowest BCUT2D eigenvalue weighted by Crippen LogP contribution is -2.49. The van der Waals surface area contributed by atoms with E-state index in [1.807, 2.05) is 0 Å². The quantitative estimate of drug-likeness (QED) is 0.549. The van der Waals surface area contributed by atoms with Crippen molar-refractivity contribution in [1.82, 2.24) is 10.6 Å². The molecule has 0 aromatic heterocycles. The normalized spacial score (nSPS) is 30.7. The number of morpholine rings is 1. The van der Waals surface area contributed by atoms with Gasteiger partial charge >= 0.3 is 0 Å². The molecule has 0 aromatic rings. The van der Waals surface area contributed by atoms with Crippen molar-refractivity contribution in [3.05, 3.63) is 0 Å². The molecule has 2 rings (SSSR count). The molecule has 2 aliphatic rings. The Balaban J connectivity index is 1.92. The van der Waals surface area contributed by atoms with Crippen LogP contribution < -0.4 is 10.6 Å². The summed E-state index contributed by atoms with van der Waals surface area (Å²) in [6.07, 6.45) is 1.31.